The summed E-state index contributed by atoms with van der Waals surface area (Å²) < 4.78 is 5.60. The van der Waals surface area contributed by atoms with Crippen molar-refractivity contribution in [3.05, 3.63) is 29.8 Å². The maximum Gasteiger partial charge on any atom is 0.119 e. The van der Waals surface area contributed by atoms with Gasteiger partial charge in [0.2, 0.25) is 0 Å². The zero-order valence-electron chi connectivity index (χ0n) is 11.1. The van der Waals surface area contributed by atoms with Crippen LogP contribution < -0.4 is 10.1 Å². The van der Waals surface area contributed by atoms with Crippen molar-refractivity contribution in [2.24, 2.45) is 0 Å². The molecule has 102 valence electrons. The van der Waals surface area contributed by atoms with Gasteiger partial charge in [0, 0.05) is 5.54 Å². The zero-order valence-corrected chi connectivity index (χ0v) is 11.1. The number of aliphatic hydroxyl groups excluding tert-OH is 2. The molecule has 0 aliphatic carbocycles. The number of hydrogen-bond donors (Lipinski definition) is 3. The standard InChI is InChI=1S/C14H23NO3/c1-14(11-17,15-2)8-3-9-18-13-6-4-12(10-16)5-7-13/h4-7,15-17H,3,8-11H2,1-2H3. The number of ether oxygens (including phenoxy) is 1. The number of hydrogen-bond acceptors (Lipinski definition) is 4. The highest BCUT2D eigenvalue weighted by Gasteiger charge is 2.19. The molecule has 0 fully saturated rings. The van der Waals surface area contributed by atoms with E-state index >= 15 is 0 Å². The number of aliphatic hydroxyl groups is 2. The van der Waals surface area contributed by atoms with E-state index in [0.717, 1.165) is 24.2 Å². The lowest BCUT2D eigenvalue weighted by molar-refractivity contribution is 0.163. The van der Waals surface area contributed by atoms with Crippen LogP contribution in [0.3, 0.4) is 0 Å². The lowest BCUT2D eigenvalue weighted by atomic mass is 9.97. The Kier molecular flexibility index (Phi) is 6.12. The summed E-state index contributed by atoms with van der Waals surface area (Å²) in [6.45, 7) is 2.78. The minimum absolute atomic E-state index is 0.0529. The fourth-order valence-corrected chi connectivity index (χ4v) is 1.63. The van der Waals surface area contributed by atoms with Crippen LogP contribution in [-0.2, 0) is 6.61 Å². The van der Waals surface area contributed by atoms with Gasteiger partial charge >= 0.3 is 0 Å². The van der Waals surface area contributed by atoms with Crippen molar-refractivity contribution < 1.29 is 14.9 Å². The van der Waals surface area contributed by atoms with Crippen molar-refractivity contribution in [1.29, 1.82) is 0 Å². The first-order chi connectivity index (χ1) is 8.63. The highest BCUT2D eigenvalue weighted by Crippen LogP contribution is 2.14. The number of benzene rings is 1. The highest BCUT2D eigenvalue weighted by molar-refractivity contribution is 5.26. The molecule has 0 aliphatic heterocycles. The molecule has 1 rings (SSSR count). The van der Waals surface area contributed by atoms with Crippen molar-refractivity contribution in [2.45, 2.75) is 31.9 Å². The Bertz CT molecular complexity index is 333. The van der Waals surface area contributed by atoms with Crippen molar-refractivity contribution in [1.82, 2.24) is 5.32 Å². The van der Waals surface area contributed by atoms with Crippen LogP contribution >= 0.6 is 0 Å². The number of rotatable bonds is 8. The third-order valence-electron chi connectivity index (χ3n) is 3.20. The van der Waals surface area contributed by atoms with Gasteiger partial charge in [-0.2, -0.15) is 0 Å². The molecule has 1 aromatic carbocycles. The summed E-state index contributed by atoms with van der Waals surface area (Å²) in [5.74, 6) is 0.808. The molecule has 0 bridgehead atoms. The third-order valence-corrected chi connectivity index (χ3v) is 3.20. The van der Waals surface area contributed by atoms with Crippen LogP contribution in [0.4, 0.5) is 0 Å². The summed E-state index contributed by atoms with van der Waals surface area (Å²) in [5, 5.41) is 21.3. The molecule has 1 atom stereocenters. The molecule has 0 spiro atoms. The number of nitrogens with one attached hydrogen (secondary N) is 1. The lowest BCUT2D eigenvalue weighted by Crippen LogP contribution is -2.43. The Hall–Kier alpha value is -1.10. The monoisotopic (exact) mass is 253 g/mol. The second-order valence-corrected chi connectivity index (χ2v) is 4.72. The summed E-state index contributed by atoms with van der Waals surface area (Å²) in [4.78, 5) is 0. The summed E-state index contributed by atoms with van der Waals surface area (Å²) in [5.41, 5.74) is 0.648. The van der Waals surface area contributed by atoms with E-state index in [1.165, 1.54) is 0 Å². The Morgan fingerprint density at radius 1 is 1.22 bits per heavy atom. The second kappa shape index (κ2) is 7.36. The Morgan fingerprint density at radius 2 is 1.89 bits per heavy atom. The van der Waals surface area contributed by atoms with Gasteiger partial charge in [-0.1, -0.05) is 12.1 Å². The van der Waals surface area contributed by atoms with E-state index in [4.69, 9.17) is 9.84 Å². The third kappa shape index (κ3) is 4.64. The molecule has 4 heteroatoms. The van der Waals surface area contributed by atoms with Crippen molar-refractivity contribution in [3.8, 4) is 5.75 Å². The normalized spacial score (nSPS) is 14.2. The fourth-order valence-electron chi connectivity index (χ4n) is 1.63. The van der Waals surface area contributed by atoms with Gasteiger partial charge in [0.15, 0.2) is 0 Å². The van der Waals surface area contributed by atoms with Gasteiger partial charge in [-0.3, -0.25) is 0 Å². The molecule has 4 nitrogen and oxygen atoms in total. The zero-order chi connectivity index (χ0) is 13.4. The van der Waals surface area contributed by atoms with Gasteiger partial charge < -0.3 is 20.3 Å². The van der Waals surface area contributed by atoms with E-state index in [2.05, 4.69) is 5.32 Å². The van der Waals surface area contributed by atoms with Crippen LogP contribution in [0.5, 0.6) is 5.75 Å². The summed E-state index contributed by atoms with van der Waals surface area (Å²) >= 11 is 0. The van der Waals surface area contributed by atoms with Gasteiger partial charge in [-0.05, 0) is 44.5 Å². The van der Waals surface area contributed by atoms with Gasteiger partial charge in [-0.15, -0.1) is 0 Å². The maximum absolute atomic E-state index is 9.23. The second-order valence-electron chi connectivity index (χ2n) is 4.72. The first kappa shape index (κ1) is 15.0. The lowest BCUT2D eigenvalue weighted by Gasteiger charge is -2.26. The van der Waals surface area contributed by atoms with Crippen molar-refractivity contribution >= 4 is 0 Å². The first-order valence-electron chi connectivity index (χ1n) is 6.26. The van der Waals surface area contributed by atoms with Crippen LogP contribution in [0.25, 0.3) is 0 Å². The highest BCUT2D eigenvalue weighted by atomic mass is 16.5. The fraction of sp³-hybridized carbons (Fsp3) is 0.571. The van der Waals surface area contributed by atoms with E-state index in [0.29, 0.717) is 6.61 Å². The Morgan fingerprint density at radius 3 is 2.39 bits per heavy atom. The predicted molar refractivity (Wildman–Crippen MR) is 71.6 cm³/mol. The minimum atomic E-state index is -0.232. The van der Waals surface area contributed by atoms with Crippen LogP contribution in [0.1, 0.15) is 25.3 Å². The van der Waals surface area contributed by atoms with Gasteiger partial charge in [-0.25, -0.2) is 0 Å². The molecule has 0 amide bonds. The molecule has 0 saturated heterocycles. The molecule has 1 unspecified atom stereocenters. The molecule has 0 aliphatic rings. The molecule has 0 radical (unpaired) electrons. The van der Waals surface area contributed by atoms with E-state index in [1.54, 1.807) is 0 Å². The quantitative estimate of drug-likeness (QED) is 0.611. The van der Waals surface area contributed by atoms with Gasteiger partial charge in [0.05, 0.1) is 19.8 Å². The molecule has 0 aromatic heterocycles. The summed E-state index contributed by atoms with van der Waals surface area (Å²) in [6, 6.07) is 7.41. The maximum atomic E-state index is 9.23. The van der Waals surface area contributed by atoms with Gasteiger partial charge in [0.25, 0.3) is 0 Å². The van der Waals surface area contributed by atoms with Gasteiger partial charge in [0.1, 0.15) is 5.75 Å². The number of likely N-dealkylation sites (N-methyl/N-ethyl adjacent to an activating group) is 1. The smallest absolute Gasteiger partial charge is 0.119 e. The molecular weight excluding hydrogens is 230 g/mol. The van der Waals surface area contributed by atoms with Crippen LogP contribution in [0.15, 0.2) is 24.3 Å². The minimum Gasteiger partial charge on any atom is -0.494 e. The SMILES string of the molecule is CNC(C)(CO)CCCOc1ccc(CO)cc1. The molecule has 0 heterocycles. The average molecular weight is 253 g/mol. The molecule has 1 aromatic rings. The molecular formula is C14H23NO3. The van der Waals surface area contributed by atoms with E-state index in [-0.39, 0.29) is 18.8 Å². The molecule has 0 saturated carbocycles. The summed E-state index contributed by atoms with van der Waals surface area (Å²) in [7, 11) is 1.85. The summed E-state index contributed by atoms with van der Waals surface area (Å²) in [6.07, 6.45) is 1.73. The van der Waals surface area contributed by atoms with Crippen molar-refractivity contribution in [3.63, 3.8) is 0 Å². The molecule has 3 N–H and O–H groups in total. The van der Waals surface area contributed by atoms with Crippen LogP contribution in [0, 0.1) is 0 Å². The topological polar surface area (TPSA) is 61.7 Å². The van der Waals surface area contributed by atoms with Crippen molar-refractivity contribution in [2.75, 3.05) is 20.3 Å². The van der Waals surface area contributed by atoms with Crippen LogP contribution in [0.2, 0.25) is 0 Å². The largest absolute Gasteiger partial charge is 0.494 e. The Balaban J connectivity index is 2.29. The van der Waals surface area contributed by atoms with E-state index in [9.17, 15) is 5.11 Å². The first-order valence-corrected chi connectivity index (χ1v) is 6.26. The molecule has 18 heavy (non-hydrogen) atoms. The van der Waals surface area contributed by atoms with E-state index in [1.807, 2.05) is 38.2 Å². The average Bonchev–Trinajstić information content (AvgIpc) is 2.44. The Labute approximate surface area is 109 Å². The predicted octanol–water partition coefficient (Wildman–Crippen LogP) is 1.31. The van der Waals surface area contributed by atoms with E-state index < -0.39 is 0 Å². The van der Waals surface area contributed by atoms with Crippen LogP contribution in [-0.4, -0.2) is 36.0 Å².